The smallest absolute Gasteiger partial charge is 0.0980 e. The topological polar surface area (TPSA) is 38.7 Å². The first kappa shape index (κ1) is 20.9. The van der Waals surface area contributed by atoms with Crippen molar-refractivity contribution in [2.75, 3.05) is 0 Å². The summed E-state index contributed by atoms with van der Waals surface area (Å²) in [4.78, 5) is 13.1. The van der Waals surface area contributed by atoms with Crippen molar-refractivity contribution in [3.05, 3.63) is 145 Å². The van der Waals surface area contributed by atoms with E-state index in [1.807, 2.05) is 84.9 Å². The zero-order valence-corrected chi connectivity index (χ0v) is 17.7. The van der Waals surface area contributed by atoms with Crippen molar-refractivity contribution < 1.29 is 0 Å². The van der Waals surface area contributed by atoms with Gasteiger partial charge in [-0.2, -0.15) is 0 Å². The summed E-state index contributed by atoms with van der Waals surface area (Å²) in [7, 11) is 0. The predicted octanol–water partition coefficient (Wildman–Crippen LogP) is 6.95. The fourth-order valence-corrected chi connectivity index (χ4v) is 3.29. The first-order valence-electron chi connectivity index (χ1n) is 10.4. The standard InChI is InChI=1S/C15H11N3.C14H12/c1-3-9-16-13(7-1)12-6-5-11-18-15(12)14-8-2-4-10-17-14;1-12(13-8-4-2-5-9-13)14-10-6-3-7-11-14/h1-11H;2-11H,1H2. The first-order valence-corrected chi connectivity index (χ1v) is 10.4. The first-order chi connectivity index (χ1) is 15.8. The van der Waals surface area contributed by atoms with Crippen LogP contribution in [0.2, 0.25) is 0 Å². The maximum Gasteiger partial charge on any atom is 0.0980 e. The van der Waals surface area contributed by atoms with Crippen LogP contribution in [0.25, 0.3) is 28.2 Å². The highest BCUT2D eigenvalue weighted by Crippen LogP contribution is 2.27. The van der Waals surface area contributed by atoms with Crippen molar-refractivity contribution >= 4 is 5.57 Å². The molecule has 0 aliphatic rings. The Labute approximate surface area is 188 Å². The third-order valence-electron chi connectivity index (χ3n) is 4.90. The van der Waals surface area contributed by atoms with E-state index in [-0.39, 0.29) is 0 Å². The molecule has 3 aromatic heterocycles. The summed E-state index contributed by atoms with van der Waals surface area (Å²) in [6, 6.07) is 36.1. The molecule has 5 rings (SSSR count). The second kappa shape index (κ2) is 10.6. The van der Waals surface area contributed by atoms with Gasteiger partial charge in [0.15, 0.2) is 0 Å². The summed E-state index contributed by atoms with van der Waals surface area (Å²) in [5.74, 6) is 0. The molecule has 0 bridgehead atoms. The zero-order chi connectivity index (χ0) is 22.0. The minimum absolute atomic E-state index is 0.858. The van der Waals surface area contributed by atoms with Crippen LogP contribution in [0, 0.1) is 0 Å². The molecule has 32 heavy (non-hydrogen) atoms. The van der Waals surface area contributed by atoms with Crippen LogP contribution in [-0.2, 0) is 0 Å². The normalized spacial score (nSPS) is 10.0. The van der Waals surface area contributed by atoms with Crippen LogP contribution in [-0.4, -0.2) is 15.0 Å². The van der Waals surface area contributed by atoms with E-state index in [2.05, 4.69) is 45.8 Å². The molecule has 0 aliphatic carbocycles. The maximum atomic E-state index is 4.42. The van der Waals surface area contributed by atoms with Crippen LogP contribution >= 0.6 is 0 Å². The highest BCUT2D eigenvalue weighted by atomic mass is 14.8. The van der Waals surface area contributed by atoms with Gasteiger partial charge < -0.3 is 0 Å². The van der Waals surface area contributed by atoms with E-state index in [4.69, 9.17) is 0 Å². The number of nitrogens with zero attached hydrogens (tertiary/aromatic N) is 3. The molecule has 0 radical (unpaired) electrons. The summed E-state index contributed by atoms with van der Waals surface area (Å²) < 4.78 is 0. The average Bonchev–Trinajstić information content (AvgIpc) is 2.91. The Balaban J connectivity index is 0.000000158. The Bertz CT molecular complexity index is 1150. The van der Waals surface area contributed by atoms with Gasteiger partial charge in [0.1, 0.15) is 0 Å². The lowest BCUT2D eigenvalue weighted by Gasteiger charge is -2.06. The Morgan fingerprint density at radius 1 is 0.469 bits per heavy atom. The molecule has 0 atom stereocenters. The Kier molecular flexibility index (Phi) is 6.92. The van der Waals surface area contributed by atoms with Gasteiger partial charge in [0.2, 0.25) is 0 Å². The van der Waals surface area contributed by atoms with Gasteiger partial charge in [-0.3, -0.25) is 15.0 Å². The monoisotopic (exact) mass is 413 g/mol. The molecule has 154 valence electrons. The summed E-state index contributed by atoms with van der Waals surface area (Å²) in [5, 5.41) is 0. The van der Waals surface area contributed by atoms with Crippen molar-refractivity contribution in [2.45, 2.75) is 0 Å². The number of aromatic nitrogens is 3. The van der Waals surface area contributed by atoms with Crippen LogP contribution in [0.1, 0.15) is 11.1 Å². The summed E-state index contributed by atoms with van der Waals surface area (Å²) >= 11 is 0. The number of pyridine rings is 3. The van der Waals surface area contributed by atoms with E-state index in [0.717, 1.165) is 28.2 Å². The summed E-state index contributed by atoms with van der Waals surface area (Å²) in [6.07, 6.45) is 5.33. The van der Waals surface area contributed by atoms with Crippen LogP contribution in [0.4, 0.5) is 0 Å². The second-order valence-electron chi connectivity index (χ2n) is 7.04. The lowest BCUT2D eigenvalue weighted by molar-refractivity contribution is 1.23. The van der Waals surface area contributed by atoms with Gasteiger partial charge in [0, 0.05) is 24.2 Å². The third kappa shape index (κ3) is 5.21. The molecule has 0 aliphatic heterocycles. The van der Waals surface area contributed by atoms with Crippen molar-refractivity contribution in [3.63, 3.8) is 0 Å². The maximum absolute atomic E-state index is 4.42. The number of hydrogen-bond acceptors (Lipinski definition) is 3. The summed E-state index contributed by atoms with van der Waals surface area (Å²) in [5.41, 5.74) is 7.06. The fourth-order valence-electron chi connectivity index (χ4n) is 3.29. The molecule has 0 amide bonds. The van der Waals surface area contributed by atoms with Gasteiger partial charge in [-0.25, -0.2) is 0 Å². The highest BCUT2D eigenvalue weighted by molar-refractivity contribution is 5.78. The minimum atomic E-state index is 0.858. The van der Waals surface area contributed by atoms with Crippen LogP contribution in [0.5, 0.6) is 0 Å². The lowest BCUT2D eigenvalue weighted by atomic mass is 10.0. The van der Waals surface area contributed by atoms with Gasteiger partial charge in [0.25, 0.3) is 0 Å². The quantitative estimate of drug-likeness (QED) is 0.320. The molecule has 3 heteroatoms. The number of rotatable bonds is 4. The number of benzene rings is 2. The van der Waals surface area contributed by atoms with E-state index in [1.165, 1.54) is 11.1 Å². The van der Waals surface area contributed by atoms with E-state index in [0.29, 0.717) is 0 Å². The van der Waals surface area contributed by atoms with Crippen molar-refractivity contribution in [1.29, 1.82) is 0 Å². The molecule has 3 heterocycles. The Morgan fingerprint density at radius 2 is 0.969 bits per heavy atom. The molecule has 0 saturated carbocycles. The average molecular weight is 414 g/mol. The van der Waals surface area contributed by atoms with Crippen molar-refractivity contribution in [2.24, 2.45) is 0 Å². The van der Waals surface area contributed by atoms with Crippen LogP contribution < -0.4 is 0 Å². The minimum Gasteiger partial charge on any atom is -0.256 e. The molecule has 5 aromatic rings. The Morgan fingerprint density at radius 3 is 1.50 bits per heavy atom. The van der Waals surface area contributed by atoms with Gasteiger partial charge in [0.05, 0.1) is 17.1 Å². The molecule has 0 saturated heterocycles. The van der Waals surface area contributed by atoms with Gasteiger partial charge in [-0.1, -0.05) is 79.4 Å². The highest BCUT2D eigenvalue weighted by Gasteiger charge is 2.09. The van der Waals surface area contributed by atoms with Crippen LogP contribution in [0.15, 0.2) is 134 Å². The van der Waals surface area contributed by atoms with E-state index in [1.54, 1.807) is 18.6 Å². The van der Waals surface area contributed by atoms with Crippen molar-refractivity contribution in [1.82, 2.24) is 15.0 Å². The molecule has 0 spiro atoms. The van der Waals surface area contributed by atoms with E-state index >= 15 is 0 Å². The van der Waals surface area contributed by atoms with E-state index in [9.17, 15) is 0 Å². The number of hydrogen-bond donors (Lipinski definition) is 0. The lowest BCUT2D eigenvalue weighted by Crippen LogP contribution is -1.92. The van der Waals surface area contributed by atoms with Crippen LogP contribution in [0.3, 0.4) is 0 Å². The second-order valence-corrected chi connectivity index (χ2v) is 7.04. The van der Waals surface area contributed by atoms with E-state index < -0.39 is 0 Å². The van der Waals surface area contributed by atoms with Gasteiger partial charge in [-0.05, 0) is 53.1 Å². The molecule has 0 N–H and O–H groups in total. The predicted molar refractivity (Wildman–Crippen MR) is 132 cm³/mol. The third-order valence-corrected chi connectivity index (χ3v) is 4.90. The molecular formula is C29H23N3. The van der Waals surface area contributed by atoms with Crippen molar-refractivity contribution in [3.8, 4) is 22.6 Å². The van der Waals surface area contributed by atoms with Gasteiger partial charge in [-0.15, -0.1) is 0 Å². The fraction of sp³-hybridized carbons (Fsp3) is 0. The zero-order valence-electron chi connectivity index (χ0n) is 17.7. The SMILES string of the molecule is C=C(c1ccccc1)c1ccccc1.c1ccc(-c2cccnc2-c2ccccn2)nc1. The van der Waals surface area contributed by atoms with Gasteiger partial charge >= 0.3 is 0 Å². The Hall–Kier alpha value is -4.37. The molecule has 0 fully saturated rings. The molecule has 2 aromatic carbocycles. The molecular weight excluding hydrogens is 390 g/mol. The largest absolute Gasteiger partial charge is 0.256 e. The molecule has 3 nitrogen and oxygen atoms in total. The summed E-state index contributed by atoms with van der Waals surface area (Å²) in [6.45, 7) is 4.10. The molecule has 0 unspecified atom stereocenters.